The number of hydrogen-bond donors (Lipinski definition) is 0. The Morgan fingerprint density at radius 3 is 2.86 bits per heavy atom. The van der Waals surface area contributed by atoms with E-state index in [1.807, 2.05) is 24.3 Å². The number of hydrogen-bond acceptors (Lipinski definition) is 6. The van der Waals surface area contributed by atoms with Crippen molar-refractivity contribution in [1.82, 2.24) is 10.1 Å². The summed E-state index contributed by atoms with van der Waals surface area (Å²) >= 11 is 7.58. The second-order valence-corrected chi connectivity index (χ2v) is 8.59. The summed E-state index contributed by atoms with van der Waals surface area (Å²) in [5, 5.41) is 4.59. The van der Waals surface area contributed by atoms with Crippen LogP contribution in [-0.4, -0.2) is 24.8 Å². The highest BCUT2D eigenvalue weighted by Gasteiger charge is 2.14. The number of halogens is 1. The summed E-state index contributed by atoms with van der Waals surface area (Å²) in [7, 11) is -3.15. The van der Waals surface area contributed by atoms with Crippen LogP contribution in [0.2, 0.25) is 5.02 Å². The normalized spacial score (nSPS) is 13.3. The lowest BCUT2D eigenvalue weighted by atomic mass is 10.2. The molecule has 0 N–H and O–H groups in total. The van der Waals surface area contributed by atoms with Crippen LogP contribution in [0.25, 0.3) is 0 Å². The molecule has 0 aliphatic heterocycles. The van der Waals surface area contributed by atoms with Crippen molar-refractivity contribution in [2.45, 2.75) is 23.7 Å². The largest absolute Gasteiger partial charge is 0.338 e. The van der Waals surface area contributed by atoms with Crippen LogP contribution in [0.4, 0.5) is 0 Å². The molecule has 0 aliphatic rings. The lowest BCUT2D eigenvalue weighted by Crippen LogP contribution is -2.02. The third-order valence-electron chi connectivity index (χ3n) is 2.68. The van der Waals surface area contributed by atoms with E-state index in [-0.39, 0.29) is 16.8 Å². The first-order valence-electron chi connectivity index (χ1n) is 6.20. The van der Waals surface area contributed by atoms with E-state index in [4.69, 9.17) is 16.1 Å². The molecule has 1 heterocycles. The molecule has 0 radical (unpaired) electrons. The monoisotopic (exact) mass is 346 g/mol. The van der Waals surface area contributed by atoms with E-state index in [0.29, 0.717) is 16.7 Å². The third kappa shape index (κ3) is 5.33. The summed E-state index contributed by atoms with van der Waals surface area (Å²) in [5.74, 6) is 0.936. The minimum absolute atomic E-state index is 0.198. The van der Waals surface area contributed by atoms with Gasteiger partial charge in [-0.15, -0.1) is 11.8 Å². The van der Waals surface area contributed by atoms with Gasteiger partial charge in [-0.3, -0.25) is 0 Å². The van der Waals surface area contributed by atoms with Gasteiger partial charge in [0.15, 0.2) is 15.7 Å². The highest BCUT2D eigenvalue weighted by atomic mass is 35.5. The van der Waals surface area contributed by atoms with Gasteiger partial charge in [0.1, 0.15) is 5.75 Å². The zero-order valence-corrected chi connectivity index (χ0v) is 14.0. The van der Waals surface area contributed by atoms with Gasteiger partial charge in [0, 0.05) is 16.5 Å². The molecule has 8 heteroatoms. The summed E-state index contributed by atoms with van der Waals surface area (Å²) in [6, 6.07) is 7.66. The summed E-state index contributed by atoms with van der Waals surface area (Å²) in [5.41, 5.74) is 1.11. The van der Waals surface area contributed by atoms with E-state index in [1.165, 1.54) is 0 Å². The van der Waals surface area contributed by atoms with Gasteiger partial charge in [0.2, 0.25) is 5.89 Å². The molecule has 5 nitrogen and oxygen atoms in total. The molecule has 1 aromatic carbocycles. The van der Waals surface area contributed by atoms with Gasteiger partial charge >= 0.3 is 0 Å². The van der Waals surface area contributed by atoms with Gasteiger partial charge in [-0.25, -0.2) is 8.42 Å². The molecule has 0 aliphatic carbocycles. The molecule has 0 unspecified atom stereocenters. The van der Waals surface area contributed by atoms with Gasteiger partial charge < -0.3 is 4.52 Å². The fourth-order valence-electron chi connectivity index (χ4n) is 1.69. The summed E-state index contributed by atoms with van der Waals surface area (Å²) in [4.78, 5) is 4.07. The summed E-state index contributed by atoms with van der Waals surface area (Å²) < 4.78 is 27.4. The first-order valence-corrected chi connectivity index (χ1v) is 9.68. The van der Waals surface area contributed by atoms with E-state index in [9.17, 15) is 8.42 Å². The Kier molecular flexibility index (Phi) is 5.29. The standard InChI is InChI=1S/C13H15ClN2O3S2/c1-9(10-4-3-5-11(14)6-10)20-7-13-15-12(16-19-13)8-21(2,17)18/h3-6,9H,7-8H2,1-2H3/t9-/m0/s1. The van der Waals surface area contributed by atoms with E-state index in [2.05, 4.69) is 17.1 Å². The SMILES string of the molecule is C[C@H](SCc1nc(CS(C)(=O)=O)no1)c1cccc(Cl)c1. The van der Waals surface area contributed by atoms with Crippen molar-refractivity contribution >= 4 is 33.2 Å². The van der Waals surface area contributed by atoms with E-state index < -0.39 is 9.84 Å². The van der Waals surface area contributed by atoms with Crippen molar-refractivity contribution in [3.05, 3.63) is 46.6 Å². The maximum absolute atomic E-state index is 11.2. The second kappa shape index (κ2) is 6.81. The van der Waals surface area contributed by atoms with Crippen LogP contribution in [0.3, 0.4) is 0 Å². The number of thioether (sulfide) groups is 1. The van der Waals surface area contributed by atoms with Crippen LogP contribution >= 0.6 is 23.4 Å². The number of nitrogens with zero attached hydrogens (tertiary/aromatic N) is 2. The van der Waals surface area contributed by atoms with E-state index >= 15 is 0 Å². The predicted molar refractivity (Wildman–Crippen MR) is 84.0 cm³/mol. The third-order valence-corrected chi connectivity index (χ3v) is 4.88. The molecule has 0 saturated carbocycles. The average molecular weight is 347 g/mol. The van der Waals surface area contributed by atoms with Gasteiger partial charge in [0.25, 0.3) is 0 Å². The zero-order chi connectivity index (χ0) is 15.5. The Labute approximate surface area is 133 Å². The number of benzene rings is 1. The predicted octanol–water partition coefficient (Wildman–Crippen LogP) is 3.26. The Balaban J connectivity index is 1.94. The number of aromatic nitrogens is 2. The molecule has 114 valence electrons. The molecule has 2 rings (SSSR count). The van der Waals surface area contributed by atoms with Crippen molar-refractivity contribution < 1.29 is 12.9 Å². The van der Waals surface area contributed by atoms with Crippen molar-refractivity contribution in [3.8, 4) is 0 Å². The smallest absolute Gasteiger partial charge is 0.236 e. The van der Waals surface area contributed by atoms with Crippen LogP contribution in [0.1, 0.15) is 29.5 Å². The minimum Gasteiger partial charge on any atom is -0.338 e. The topological polar surface area (TPSA) is 73.1 Å². The number of sulfone groups is 1. The molecule has 1 aromatic heterocycles. The number of rotatable bonds is 6. The quantitative estimate of drug-likeness (QED) is 0.799. The van der Waals surface area contributed by atoms with Gasteiger partial charge in [-0.1, -0.05) is 28.9 Å². The molecule has 0 saturated heterocycles. The van der Waals surface area contributed by atoms with Crippen molar-refractivity contribution in [1.29, 1.82) is 0 Å². The van der Waals surface area contributed by atoms with Crippen LogP contribution < -0.4 is 0 Å². The molecule has 0 fully saturated rings. The Morgan fingerprint density at radius 2 is 2.19 bits per heavy atom. The molecule has 0 amide bonds. The molecule has 2 aromatic rings. The highest BCUT2D eigenvalue weighted by Crippen LogP contribution is 2.31. The van der Waals surface area contributed by atoms with Gasteiger partial charge in [-0.2, -0.15) is 4.98 Å². The molecule has 21 heavy (non-hydrogen) atoms. The van der Waals surface area contributed by atoms with E-state index in [1.54, 1.807) is 11.8 Å². The van der Waals surface area contributed by atoms with Crippen LogP contribution in [0.15, 0.2) is 28.8 Å². The molecule has 1 atom stereocenters. The van der Waals surface area contributed by atoms with Gasteiger partial charge in [-0.05, 0) is 24.6 Å². The Bertz CT molecular complexity index is 716. The first-order chi connectivity index (χ1) is 9.83. The van der Waals surface area contributed by atoms with Crippen LogP contribution in [-0.2, 0) is 21.3 Å². The Morgan fingerprint density at radius 1 is 1.43 bits per heavy atom. The molecule has 0 spiro atoms. The minimum atomic E-state index is -3.15. The zero-order valence-electron chi connectivity index (χ0n) is 11.6. The first kappa shape index (κ1) is 16.3. The average Bonchev–Trinajstić information content (AvgIpc) is 2.81. The molecular weight excluding hydrogens is 332 g/mol. The van der Waals surface area contributed by atoms with Crippen LogP contribution in [0, 0.1) is 0 Å². The van der Waals surface area contributed by atoms with Crippen LogP contribution in [0.5, 0.6) is 0 Å². The summed E-state index contributed by atoms with van der Waals surface area (Å²) in [6.45, 7) is 2.06. The van der Waals surface area contributed by atoms with Gasteiger partial charge in [0.05, 0.1) is 5.75 Å². The highest BCUT2D eigenvalue weighted by molar-refractivity contribution is 7.98. The van der Waals surface area contributed by atoms with E-state index in [0.717, 1.165) is 11.8 Å². The van der Waals surface area contributed by atoms with Crippen molar-refractivity contribution in [3.63, 3.8) is 0 Å². The fraction of sp³-hybridized carbons (Fsp3) is 0.385. The molecular formula is C13H15ClN2O3S2. The van der Waals surface area contributed by atoms with Crippen molar-refractivity contribution in [2.24, 2.45) is 0 Å². The Hall–Kier alpha value is -1.05. The maximum Gasteiger partial charge on any atom is 0.236 e. The fourth-order valence-corrected chi connectivity index (χ4v) is 3.33. The maximum atomic E-state index is 11.2. The lowest BCUT2D eigenvalue weighted by molar-refractivity contribution is 0.386. The molecule has 0 bridgehead atoms. The van der Waals surface area contributed by atoms with Crippen molar-refractivity contribution in [2.75, 3.05) is 6.26 Å². The second-order valence-electron chi connectivity index (χ2n) is 4.68. The lowest BCUT2D eigenvalue weighted by Gasteiger charge is -2.10. The summed E-state index contributed by atoms with van der Waals surface area (Å²) in [6.07, 6.45) is 1.14.